The smallest absolute Gasteiger partial charge is 0.311 e. The highest BCUT2D eigenvalue weighted by Gasteiger charge is 2.55. The summed E-state index contributed by atoms with van der Waals surface area (Å²) in [6.07, 6.45) is 2.71. The van der Waals surface area contributed by atoms with Crippen LogP contribution in [0.4, 0.5) is 5.69 Å². The van der Waals surface area contributed by atoms with Gasteiger partial charge >= 0.3 is 5.97 Å². The normalized spacial score (nSPS) is 28.2. The average molecular weight is 335 g/mol. The number of hydrogen-bond donors (Lipinski definition) is 1. The van der Waals surface area contributed by atoms with E-state index in [2.05, 4.69) is 26.9 Å². The quantitative estimate of drug-likeness (QED) is 0.902. The van der Waals surface area contributed by atoms with E-state index in [1.807, 2.05) is 18.2 Å². The molecule has 2 aliphatic rings. The first-order chi connectivity index (χ1) is 9.58. The number of hydrogen-bond acceptors (Lipinski definition) is 3. The van der Waals surface area contributed by atoms with Crippen LogP contribution in [-0.4, -0.2) is 24.2 Å². The summed E-state index contributed by atoms with van der Waals surface area (Å²) in [5.41, 5.74) is 0.819. The van der Waals surface area contributed by atoms with Crippen LogP contribution in [-0.2, 0) is 4.79 Å². The first-order valence-corrected chi connectivity index (χ1v) is 7.55. The monoisotopic (exact) mass is 334 g/mol. The highest BCUT2D eigenvalue weighted by molar-refractivity contribution is 9.10. The molecule has 1 aromatic carbocycles. The van der Waals surface area contributed by atoms with E-state index < -0.39 is 11.4 Å². The van der Waals surface area contributed by atoms with E-state index in [0.717, 1.165) is 36.0 Å². The molecular formula is C15H15BrN2O2. The molecular weight excluding hydrogens is 320 g/mol. The van der Waals surface area contributed by atoms with Crippen LogP contribution in [0.3, 0.4) is 0 Å². The lowest BCUT2D eigenvalue weighted by Crippen LogP contribution is -2.35. The number of carbonyl (C=O) groups is 1. The van der Waals surface area contributed by atoms with Crippen LogP contribution in [0.2, 0.25) is 0 Å². The van der Waals surface area contributed by atoms with E-state index in [-0.39, 0.29) is 5.92 Å². The molecule has 2 atom stereocenters. The molecule has 0 amide bonds. The summed E-state index contributed by atoms with van der Waals surface area (Å²) in [5, 5.41) is 18.9. The van der Waals surface area contributed by atoms with Gasteiger partial charge in [-0.15, -0.1) is 0 Å². The van der Waals surface area contributed by atoms with Gasteiger partial charge in [-0.05, 0) is 46.8 Å². The summed E-state index contributed by atoms with van der Waals surface area (Å²) in [6.45, 7) is 1.25. The Hall–Kier alpha value is -1.54. The van der Waals surface area contributed by atoms with Crippen LogP contribution < -0.4 is 4.90 Å². The van der Waals surface area contributed by atoms with Crippen molar-refractivity contribution in [2.75, 3.05) is 18.0 Å². The number of benzene rings is 1. The van der Waals surface area contributed by atoms with Gasteiger partial charge in [0.1, 0.15) is 6.07 Å². The summed E-state index contributed by atoms with van der Waals surface area (Å²) < 4.78 is 0.763. The van der Waals surface area contributed by atoms with E-state index >= 15 is 0 Å². The van der Waals surface area contributed by atoms with Crippen LogP contribution in [0.15, 0.2) is 22.7 Å². The fraction of sp³-hybridized carbons (Fsp3) is 0.467. The second kappa shape index (κ2) is 4.78. The molecule has 1 aliphatic carbocycles. The number of nitrogens with zero attached hydrogens (tertiary/aromatic N) is 2. The minimum atomic E-state index is -0.684. The molecule has 1 aromatic rings. The zero-order chi connectivity index (χ0) is 14.3. The highest BCUT2D eigenvalue weighted by Crippen LogP contribution is 2.50. The van der Waals surface area contributed by atoms with Gasteiger partial charge in [-0.1, -0.05) is 12.5 Å². The summed E-state index contributed by atoms with van der Waals surface area (Å²) in [5.74, 6) is -0.485. The number of halogens is 1. The molecule has 0 radical (unpaired) electrons. The van der Waals surface area contributed by atoms with Crippen molar-refractivity contribution in [3.63, 3.8) is 0 Å². The molecule has 20 heavy (non-hydrogen) atoms. The van der Waals surface area contributed by atoms with Crippen LogP contribution in [0.5, 0.6) is 0 Å². The highest BCUT2D eigenvalue weighted by atomic mass is 79.9. The minimum Gasteiger partial charge on any atom is -0.481 e. The lowest BCUT2D eigenvalue weighted by Gasteiger charge is -2.24. The molecule has 2 fully saturated rings. The number of rotatable bonds is 2. The zero-order valence-electron chi connectivity index (χ0n) is 11.0. The first kappa shape index (κ1) is 13.4. The molecule has 4 nitrogen and oxygen atoms in total. The standard InChI is InChI=1S/C15H15BrN2O2/c16-12-4-1-5-13(11(12)7-17)18-8-10-3-2-6-15(10,9-18)14(19)20/h1,4-5,10H,2-3,6,8-9H2,(H,19,20)/t10-,15+/m0/s1. The number of nitriles is 1. The van der Waals surface area contributed by atoms with Gasteiger partial charge in [0.15, 0.2) is 0 Å². The molecule has 3 rings (SSSR count). The van der Waals surface area contributed by atoms with Crippen molar-refractivity contribution in [2.45, 2.75) is 19.3 Å². The maximum Gasteiger partial charge on any atom is 0.311 e. The van der Waals surface area contributed by atoms with Crippen molar-refractivity contribution in [3.8, 4) is 6.07 Å². The van der Waals surface area contributed by atoms with Crippen molar-refractivity contribution in [1.29, 1.82) is 5.26 Å². The lowest BCUT2D eigenvalue weighted by molar-refractivity contribution is -0.149. The summed E-state index contributed by atoms with van der Waals surface area (Å²) >= 11 is 3.39. The molecule has 0 spiro atoms. The van der Waals surface area contributed by atoms with E-state index in [0.29, 0.717) is 12.1 Å². The third-order valence-electron chi connectivity index (χ3n) is 4.74. The Balaban J connectivity index is 1.98. The number of anilines is 1. The summed E-state index contributed by atoms with van der Waals surface area (Å²) in [4.78, 5) is 13.8. The summed E-state index contributed by atoms with van der Waals surface area (Å²) in [7, 11) is 0. The Bertz CT molecular complexity index is 610. The van der Waals surface area contributed by atoms with Gasteiger partial charge < -0.3 is 10.0 Å². The number of carboxylic acid groups (broad SMARTS) is 1. The largest absolute Gasteiger partial charge is 0.481 e. The molecule has 1 N–H and O–H groups in total. The third-order valence-corrected chi connectivity index (χ3v) is 5.40. The van der Waals surface area contributed by atoms with Gasteiger partial charge in [-0.25, -0.2) is 0 Å². The van der Waals surface area contributed by atoms with Crippen molar-refractivity contribution >= 4 is 27.6 Å². The van der Waals surface area contributed by atoms with Crippen LogP contribution in [0.25, 0.3) is 0 Å². The Morgan fingerprint density at radius 2 is 2.35 bits per heavy atom. The third kappa shape index (κ3) is 1.82. The van der Waals surface area contributed by atoms with E-state index in [1.54, 1.807) is 0 Å². The Morgan fingerprint density at radius 3 is 3.00 bits per heavy atom. The van der Waals surface area contributed by atoms with Crippen LogP contribution in [0, 0.1) is 22.7 Å². The first-order valence-electron chi connectivity index (χ1n) is 6.75. The molecule has 1 aliphatic heterocycles. The van der Waals surface area contributed by atoms with Gasteiger partial charge in [0.25, 0.3) is 0 Å². The molecule has 0 unspecified atom stereocenters. The Kier molecular flexibility index (Phi) is 3.21. The molecule has 0 bridgehead atoms. The van der Waals surface area contributed by atoms with Gasteiger partial charge in [-0.3, -0.25) is 4.79 Å². The fourth-order valence-electron chi connectivity index (χ4n) is 3.71. The van der Waals surface area contributed by atoms with E-state index in [9.17, 15) is 15.2 Å². The second-order valence-electron chi connectivity index (χ2n) is 5.68. The van der Waals surface area contributed by atoms with Gasteiger partial charge in [0.05, 0.1) is 16.7 Å². The van der Waals surface area contributed by atoms with Crippen molar-refractivity contribution < 1.29 is 9.90 Å². The number of carboxylic acids is 1. The van der Waals surface area contributed by atoms with Gasteiger partial charge in [-0.2, -0.15) is 5.26 Å². The maximum absolute atomic E-state index is 11.7. The van der Waals surface area contributed by atoms with Gasteiger partial charge in [0, 0.05) is 17.6 Å². The molecule has 1 heterocycles. The minimum absolute atomic E-state index is 0.200. The average Bonchev–Trinajstić information content (AvgIpc) is 2.95. The Labute approximate surface area is 126 Å². The van der Waals surface area contributed by atoms with Crippen molar-refractivity contribution in [2.24, 2.45) is 11.3 Å². The summed E-state index contributed by atoms with van der Waals surface area (Å²) in [6, 6.07) is 7.84. The molecule has 104 valence electrons. The van der Waals surface area contributed by atoms with Crippen molar-refractivity contribution in [3.05, 3.63) is 28.2 Å². The molecule has 1 saturated heterocycles. The lowest BCUT2D eigenvalue weighted by atomic mass is 9.81. The maximum atomic E-state index is 11.7. The topological polar surface area (TPSA) is 64.3 Å². The Morgan fingerprint density at radius 1 is 1.55 bits per heavy atom. The van der Waals surface area contributed by atoms with Gasteiger partial charge in [0.2, 0.25) is 0 Å². The molecule has 1 saturated carbocycles. The predicted molar refractivity (Wildman–Crippen MR) is 78.5 cm³/mol. The molecule has 5 heteroatoms. The van der Waals surface area contributed by atoms with Crippen LogP contribution >= 0.6 is 15.9 Å². The predicted octanol–water partition coefficient (Wildman–Crippen LogP) is 3.01. The number of aliphatic carboxylic acids is 1. The van der Waals surface area contributed by atoms with Crippen LogP contribution in [0.1, 0.15) is 24.8 Å². The van der Waals surface area contributed by atoms with Crippen molar-refractivity contribution in [1.82, 2.24) is 0 Å². The second-order valence-corrected chi connectivity index (χ2v) is 6.53. The van der Waals surface area contributed by atoms with E-state index in [1.165, 1.54) is 0 Å². The zero-order valence-corrected chi connectivity index (χ0v) is 12.6. The SMILES string of the molecule is N#Cc1c(Br)cccc1N1C[C@@H]2CCC[C@@]2(C(=O)O)C1. The fourth-order valence-corrected chi connectivity index (χ4v) is 4.15. The number of fused-ring (bicyclic) bond motifs is 1. The molecule has 0 aromatic heterocycles. The van der Waals surface area contributed by atoms with E-state index in [4.69, 9.17) is 0 Å².